The largest absolute Gasteiger partial charge is 0.481 e. The van der Waals surface area contributed by atoms with E-state index in [0.29, 0.717) is 17.3 Å². The Morgan fingerprint density at radius 2 is 2.19 bits per heavy atom. The average Bonchev–Trinajstić information content (AvgIpc) is 2.29. The van der Waals surface area contributed by atoms with Crippen molar-refractivity contribution in [1.82, 2.24) is 4.98 Å². The summed E-state index contributed by atoms with van der Waals surface area (Å²) >= 11 is 0. The van der Waals surface area contributed by atoms with E-state index >= 15 is 0 Å². The lowest BCUT2D eigenvalue weighted by Gasteiger charge is -2.05. The Kier molecular flexibility index (Phi) is 4.32. The second-order valence-corrected chi connectivity index (χ2v) is 2.95. The first-order valence-corrected chi connectivity index (χ1v) is 4.64. The van der Waals surface area contributed by atoms with Crippen molar-refractivity contribution in [3.63, 3.8) is 0 Å². The minimum atomic E-state index is -0.878. The van der Waals surface area contributed by atoms with Crippen molar-refractivity contribution in [3.8, 4) is 11.8 Å². The number of aliphatic carboxylic acids is 1. The Morgan fingerprint density at radius 3 is 2.75 bits per heavy atom. The zero-order valence-corrected chi connectivity index (χ0v) is 9.14. The fourth-order valence-corrected chi connectivity index (χ4v) is 1.12. The maximum atomic E-state index is 10.3. The number of aromatic nitrogens is 1. The molecule has 0 fully saturated rings. The zero-order valence-electron chi connectivity index (χ0n) is 9.14. The highest BCUT2D eigenvalue weighted by molar-refractivity contribution is 5.70. The molecule has 86 valence electrons. The number of carboxylic acids is 1. The number of pyridine rings is 1. The van der Waals surface area contributed by atoms with Crippen molar-refractivity contribution < 1.29 is 19.4 Å². The molecule has 1 N–H and O–H groups in total. The van der Waals surface area contributed by atoms with Gasteiger partial charge in [0, 0.05) is 11.6 Å². The summed E-state index contributed by atoms with van der Waals surface area (Å²) in [5, 5.41) is 8.48. The third-order valence-corrected chi connectivity index (χ3v) is 1.86. The number of rotatable bonds is 5. The molecule has 1 rings (SSSR count). The molecule has 0 aliphatic rings. The van der Waals surface area contributed by atoms with Crippen molar-refractivity contribution in [2.45, 2.75) is 6.42 Å². The van der Waals surface area contributed by atoms with Gasteiger partial charge in [0.25, 0.3) is 0 Å². The van der Waals surface area contributed by atoms with Crippen LogP contribution in [0.5, 0.6) is 11.8 Å². The molecular weight excluding hydrogens is 210 g/mol. The molecular formula is C11H13NO4. The van der Waals surface area contributed by atoms with Crippen LogP contribution in [0.3, 0.4) is 0 Å². The normalized spacial score (nSPS) is 10.4. The number of hydrogen-bond acceptors (Lipinski definition) is 4. The van der Waals surface area contributed by atoms with Crippen molar-refractivity contribution in [3.05, 3.63) is 23.8 Å². The molecule has 5 heteroatoms. The summed E-state index contributed by atoms with van der Waals surface area (Å²) in [4.78, 5) is 14.4. The summed E-state index contributed by atoms with van der Waals surface area (Å²) in [7, 11) is 3.01. The molecule has 1 heterocycles. The third-order valence-electron chi connectivity index (χ3n) is 1.86. The van der Waals surface area contributed by atoms with Crippen molar-refractivity contribution in [2.24, 2.45) is 0 Å². The first-order chi connectivity index (χ1) is 7.67. The smallest absolute Gasteiger partial charge is 0.307 e. The molecule has 0 spiro atoms. The van der Waals surface area contributed by atoms with Crippen LogP contribution in [0.1, 0.15) is 12.0 Å². The van der Waals surface area contributed by atoms with Crippen molar-refractivity contribution in [2.75, 3.05) is 14.2 Å². The third kappa shape index (κ3) is 3.27. The minimum absolute atomic E-state index is 0.0326. The summed E-state index contributed by atoms with van der Waals surface area (Å²) in [5.74, 6) is -0.0232. The van der Waals surface area contributed by atoms with Crippen LogP contribution in [0, 0.1) is 0 Å². The van der Waals surface area contributed by atoms with Gasteiger partial charge >= 0.3 is 5.97 Å². The molecule has 0 atom stereocenters. The molecule has 0 aliphatic heterocycles. The summed E-state index contributed by atoms with van der Waals surface area (Å²) in [6.07, 6.45) is 3.16. The van der Waals surface area contributed by atoms with Gasteiger partial charge < -0.3 is 14.6 Å². The van der Waals surface area contributed by atoms with Gasteiger partial charge in [-0.05, 0) is 6.07 Å². The van der Waals surface area contributed by atoms with Crippen LogP contribution in [0.25, 0.3) is 6.08 Å². The van der Waals surface area contributed by atoms with Gasteiger partial charge in [0.05, 0.1) is 20.6 Å². The molecule has 0 radical (unpaired) electrons. The van der Waals surface area contributed by atoms with E-state index in [-0.39, 0.29) is 6.42 Å². The van der Waals surface area contributed by atoms with Crippen LogP contribution in [0.2, 0.25) is 0 Å². The molecule has 0 saturated heterocycles. The van der Waals surface area contributed by atoms with Crippen LogP contribution < -0.4 is 9.47 Å². The molecule has 0 unspecified atom stereocenters. The monoisotopic (exact) mass is 223 g/mol. The average molecular weight is 223 g/mol. The van der Waals surface area contributed by atoms with E-state index in [4.69, 9.17) is 14.6 Å². The lowest BCUT2D eigenvalue weighted by atomic mass is 10.2. The van der Waals surface area contributed by atoms with Gasteiger partial charge in [0.15, 0.2) is 0 Å². The Hall–Kier alpha value is -2.04. The van der Waals surface area contributed by atoms with E-state index in [1.165, 1.54) is 20.3 Å². The number of nitrogens with zero attached hydrogens (tertiary/aromatic N) is 1. The van der Waals surface area contributed by atoms with E-state index in [1.54, 1.807) is 18.2 Å². The summed E-state index contributed by atoms with van der Waals surface area (Å²) in [5.41, 5.74) is 0.713. The van der Waals surface area contributed by atoms with Crippen molar-refractivity contribution >= 4 is 12.0 Å². The number of methoxy groups -OCH3 is 2. The van der Waals surface area contributed by atoms with Gasteiger partial charge in [0.1, 0.15) is 0 Å². The van der Waals surface area contributed by atoms with Gasteiger partial charge in [-0.3, -0.25) is 4.79 Å². The standard InChI is InChI=1S/C11H13NO4/c1-15-9-7-6-8(11(12-9)16-2)4-3-5-10(13)14/h3-4,6-7H,5H2,1-2H3,(H,13,14). The van der Waals surface area contributed by atoms with Crippen LogP contribution in [-0.2, 0) is 4.79 Å². The fourth-order valence-electron chi connectivity index (χ4n) is 1.12. The Labute approximate surface area is 93.3 Å². The Balaban J connectivity index is 2.87. The SMILES string of the molecule is COc1ccc(C=CCC(=O)O)c(OC)n1. The minimum Gasteiger partial charge on any atom is -0.481 e. The maximum absolute atomic E-state index is 10.3. The first kappa shape index (κ1) is 12.0. The predicted molar refractivity (Wildman–Crippen MR) is 58.6 cm³/mol. The molecule has 0 aromatic carbocycles. The molecule has 0 aliphatic carbocycles. The van der Waals surface area contributed by atoms with Gasteiger partial charge in [-0.25, -0.2) is 0 Å². The topological polar surface area (TPSA) is 68.7 Å². The second kappa shape index (κ2) is 5.75. The molecule has 1 aromatic heterocycles. The number of ether oxygens (including phenoxy) is 2. The fraction of sp³-hybridized carbons (Fsp3) is 0.273. The van der Waals surface area contributed by atoms with Gasteiger partial charge in [-0.1, -0.05) is 12.2 Å². The van der Waals surface area contributed by atoms with E-state index in [9.17, 15) is 4.79 Å². The quantitative estimate of drug-likeness (QED) is 0.820. The number of hydrogen-bond donors (Lipinski definition) is 1. The number of carbonyl (C=O) groups is 1. The highest BCUT2D eigenvalue weighted by Crippen LogP contribution is 2.20. The molecule has 1 aromatic rings. The maximum Gasteiger partial charge on any atom is 0.307 e. The van der Waals surface area contributed by atoms with Gasteiger partial charge in [-0.2, -0.15) is 4.98 Å². The predicted octanol–water partition coefficient (Wildman–Crippen LogP) is 1.59. The lowest BCUT2D eigenvalue weighted by Crippen LogP contribution is -1.94. The van der Waals surface area contributed by atoms with Crippen LogP contribution in [0.4, 0.5) is 0 Å². The molecule has 5 nitrogen and oxygen atoms in total. The Morgan fingerprint density at radius 1 is 1.44 bits per heavy atom. The highest BCUT2D eigenvalue weighted by atomic mass is 16.5. The molecule has 0 bridgehead atoms. The molecule has 16 heavy (non-hydrogen) atoms. The van der Waals surface area contributed by atoms with Crippen LogP contribution in [0.15, 0.2) is 18.2 Å². The van der Waals surface area contributed by atoms with Crippen LogP contribution >= 0.6 is 0 Å². The summed E-state index contributed by atoms with van der Waals surface area (Å²) < 4.78 is 10.0. The summed E-state index contributed by atoms with van der Waals surface area (Å²) in [6.45, 7) is 0. The van der Waals surface area contributed by atoms with Gasteiger partial charge in [-0.15, -0.1) is 0 Å². The molecule has 0 amide bonds. The van der Waals surface area contributed by atoms with Crippen molar-refractivity contribution in [1.29, 1.82) is 0 Å². The van der Waals surface area contributed by atoms with E-state index in [0.717, 1.165) is 0 Å². The lowest BCUT2D eigenvalue weighted by molar-refractivity contribution is -0.135. The van der Waals surface area contributed by atoms with E-state index < -0.39 is 5.97 Å². The van der Waals surface area contributed by atoms with E-state index in [1.807, 2.05) is 0 Å². The second-order valence-electron chi connectivity index (χ2n) is 2.95. The number of carboxylic acid groups (broad SMARTS) is 1. The first-order valence-electron chi connectivity index (χ1n) is 4.64. The van der Waals surface area contributed by atoms with Gasteiger partial charge in [0.2, 0.25) is 11.8 Å². The van der Waals surface area contributed by atoms with E-state index in [2.05, 4.69) is 4.98 Å². The zero-order chi connectivity index (χ0) is 12.0. The summed E-state index contributed by atoms with van der Waals surface area (Å²) in [6, 6.07) is 3.44. The van der Waals surface area contributed by atoms with Crippen LogP contribution in [-0.4, -0.2) is 30.3 Å². The molecule has 0 saturated carbocycles. The Bertz CT molecular complexity index is 401. The highest BCUT2D eigenvalue weighted by Gasteiger charge is 2.03.